The van der Waals surface area contributed by atoms with E-state index in [4.69, 9.17) is 5.11 Å². The molecule has 2 atom stereocenters. The van der Waals surface area contributed by atoms with E-state index in [0.717, 1.165) is 0 Å². The van der Waals surface area contributed by atoms with E-state index in [1.165, 1.54) is 13.8 Å². The van der Waals surface area contributed by atoms with E-state index in [1.807, 2.05) is 0 Å². The fourth-order valence-corrected chi connectivity index (χ4v) is 0. The normalized spacial score (nSPS) is 20.0. The zero-order valence-electron chi connectivity index (χ0n) is 3.98. The number of hydrogen-bond donors (Lipinski definition) is 1. The highest BCUT2D eigenvalue weighted by molar-refractivity contribution is 4.51. The third kappa shape index (κ3) is 2.15. The smallest absolute Gasteiger partial charge is 0.123 e. The van der Waals surface area contributed by atoms with Crippen molar-refractivity contribution < 1.29 is 9.50 Å². The Kier molecular flexibility index (Phi) is 2.09. The molecule has 0 bridgehead atoms. The quantitative estimate of drug-likeness (QED) is 0.505. The van der Waals surface area contributed by atoms with E-state index in [-0.39, 0.29) is 0 Å². The van der Waals surface area contributed by atoms with Gasteiger partial charge in [-0.2, -0.15) is 0 Å². The molecule has 0 saturated heterocycles. The molecule has 2 heteroatoms. The van der Waals surface area contributed by atoms with E-state index in [2.05, 4.69) is 0 Å². The van der Waals surface area contributed by atoms with Crippen molar-refractivity contribution in [3.63, 3.8) is 0 Å². The van der Waals surface area contributed by atoms with Crippen LogP contribution in [0.3, 0.4) is 0 Å². The molecule has 0 fully saturated rings. The predicted octanol–water partition coefficient (Wildman–Crippen LogP) is 0.725. The lowest BCUT2D eigenvalue weighted by atomic mass is 10.3. The van der Waals surface area contributed by atoms with Crippen LogP contribution >= 0.6 is 0 Å². The highest BCUT2D eigenvalue weighted by Gasteiger charge is 2.02. The summed E-state index contributed by atoms with van der Waals surface area (Å²) >= 11 is 0. The number of halogens is 1. The number of rotatable bonds is 1. The molecule has 0 aliphatic heterocycles. The number of hydrogen-bond acceptors (Lipinski definition) is 1. The van der Waals surface area contributed by atoms with Crippen LogP contribution in [0.2, 0.25) is 0 Å². The molecule has 0 heterocycles. The Morgan fingerprint density at radius 3 is 1.67 bits per heavy atom. The molecule has 0 radical (unpaired) electrons. The van der Waals surface area contributed by atoms with Crippen LogP contribution in [0.5, 0.6) is 0 Å². The molecule has 1 N–H and O–H groups in total. The first kappa shape index (κ1) is 5.89. The molecular formula is C4H9FO. The van der Waals surface area contributed by atoms with Crippen LogP contribution in [-0.4, -0.2) is 17.4 Å². The van der Waals surface area contributed by atoms with Crippen molar-refractivity contribution in [1.29, 1.82) is 0 Å². The van der Waals surface area contributed by atoms with Gasteiger partial charge in [-0.15, -0.1) is 0 Å². The lowest BCUT2D eigenvalue weighted by Gasteiger charge is -2.00. The first-order chi connectivity index (χ1) is 2.64. The van der Waals surface area contributed by atoms with Gasteiger partial charge in [-0.05, 0) is 13.8 Å². The second-order valence-electron chi connectivity index (χ2n) is 1.42. The van der Waals surface area contributed by atoms with Gasteiger partial charge in [0.15, 0.2) is 0 Å². The maximum Gasteiger partial charge on any atom is 0.123 e. The van der Waals surface area contributed by atoms with E-state index in [9.17, 15) is 4.39 Å². The van der Waals surface area contributed by atoms with E-state index >= 15 is 0 Å². The zero-order valence-corrected chi connectivity index (χ0v) is 3.98. The van der Waals surface area contributed by atoms with Gasteiger partial charge in [0.05, 0.1) is 6.10 Å². The summed E-state index contributed by atoms with van der Waals surface area (Å²) in [6.45, 7) is 2.75. The Hall–Kier alpha value is -0.110. The number of aliphatic hydroxyl groups is 1. The van der Waals surface area contributed by atoms with Crippen molar-refractivity contribution in [3.8, 4) is 0 Å². The SMILES string of the molecule is CC(O)C(C)F. The summed E-state index contributed by atoms with van der Waals surface area (Å²) in [5.41, 5.74) is 0. The Bertz CT molecular complexity index is 28.5. The summed E-state index contributed by atoms with van der Waals surface area (Å²) in [6, 6.07) is 0. The van der Waals surface area contributed by atoms with Crippen LogP contribution in [0.25, 0.3) is 0 Å². The largest absolute Gasteiger partial charge is 0.390 e. The minimum atomic E-state index is -1.09. The Morgan fingerprint density at radius 2 is 1.67 bits per heavy atom. The van der Waals surface area contributed by atoms with E-state index < -0.39 is 12.3 Å². The van der Waals surface area contributed by atoms with Gasteiger partial charge in [0, 0.05) is 0 Å². The van der Waals surface area contributed by atoms with Gasteiger partial charge in [0.2, 0.25) is 0 Å². The molecule has 0 aliphatic carbocycles. The molecule has 0 rings (SSSR count). The molecule has 0 saturated carbocycles. The van der Waals surface area contributed by atoms with Crippen LogP contribution in [0.15, 0.2) is 0 Å². The van der Waals surface area contributed by atoms with Crippen LogP contribution in [0.1, 0.15) is 13.8 Å². The fraction of sp³-hybridized carbons (Fsp3) is 1.00. The predicted molar refractivity (Wildman–Crippen MR) is 22.3 cm³/mol. The average molecular weight is 92.1 g/mol. The summed E-state index contributed by atoms with van der Waals surface area (Å²) in [7, 11) is 0. The topological polar surface area (TPSA) is 20.2 Å². The second kappa shape index (κ2) is 2.13. The third-order valence-electron chi connectivity index (χ3n) is 0.665. The molecule has 0 amide bonds. The molecule has 38 valence electrons. The Balaban J connectivity index is 2.99. The first-order valence-corrected chi connectivity index (χ1v) is 1.96. The summed E-state index contributed by atoms with van der Waals surface area (Å²) in [4.78, 5) is 0. The van der Waals surface area contributed by atoms with Crippen molar-refractivity contribution in [2.75, 3.05) is 0 Å². The lowest BCUT2D eigenvalue weighted by Crippen LogP contribution is -2.12. The van der Waals surface area contributed by atoms with Crippen LogP contribution < -0.4 is 0 Å². The number of alkyl halides is 1. The van der Waals surface area contributed by atoms with Gasteiger partial charge >= 0.3 is 0 Å². The molecule has 6 heavy (non-hydrogen) atoms. The van der Waals surface area contributed by atoms with Crippen molar-refractivity contribution in [1.82, 2.24) is 0 Å². The van der Waals surface area contributed by atoms with Gasteiger partial charge in [-0.3, -0.25) is 0 Å². The van der Waals surface area contributed by atoms with Crippen LogP contribution in [0.4, 0.5) is 4.39 Å². The van der Waals surface area contributed by atoms with Gasteiger partial charge in [-0.25, -0.2) is 4.39 Å². The lowest BCUT2D eigenvalue weighted by molar-refractivity contribution is 0.104. The maximum atomic E-state index is 11.6. The van der Waals surface area contributed by atoms with Crippen molar-refractivity contribution in [3.05, 3.63) is 0 Å². The van der Waals surface area contributed by atoms with E-state index in [0.29, 0.717) is 0 Å². The molecular weight excluding hydrogens is 83.0 g/mol. The van der Waals surface area contributed by atoms with Crippen LogP contribution in [-0.2, 0) is 0 Å². The summed E-state index contributed by atoms with van der Waals surface area (Å²) < 4.78 is 11.6. The maximum absolute atomic E-state index is 11.6. The van der Waals surface area contributed by atoms with Crippen molar-refractivity contribution in [2.45, 2.75) is 26.1 Å². The Morgan fingerprint density at radius 1 is 1.50 bits per heavy atom. The highest BCUT2D eigenvalue weighted by Crippen LogP contribution is 1.92. The van der Waals surface area contributed by atoms with Gasteiger partial charge in [0.1, 0.15) is 6.17 Å². The molecule has 0 aliphatic rings. The zero-order chi connectivity index (χ0) is 5.15. The highest BCUT2D eigenvalue weighted by atomic mass is 19.1. The second-order valence-corrected chi connectivity index (χ2v) is 1.42. The Labute approximate surface area is 36.8 Å². The fourth-order valence-electron chi connectivity index (χ4n) is 0. The van der Waals surface area contributed by atoms with Gasteiger partial charge in [-0.1, -0.05) is 0 Å². The number of aliphatic hydroxyl groups excluding tert-OH is 1. The molecule has 0 spiro atoms. The summed E-state index contributed by atoms with van der Waals surface area (Å²) in [5, 5.41) is 8.25. The molecule has 0 aromatic rings. The van der Waals surface area contributed by atoms with Crippen molar-refractivity contribution >= 4 is 0 Å². The van der Waals surface area contributed by atoms with E-state index in [1.54, 1.807) is 0 Å². The minimum Gasteiger partial charge on any atom is -0.390 e. The van der Waals surface area contributed by atoms with Gasteiger partial charge < -0.3 is 5.11 Å². The molecule has 2 unspecified atom stereocenters. The molecule has 0 aromatic heterocycles. The summed E-state index contributed by atoms with van der Waals surface area (Å²) in [5.74, 6) is 0. The molecule has 1 nitrogen and oxygen atoms in total. The molecule has 0 aromatic carbocycles. The standard InChI is InChI=1S/C4H9FO/c1-3(5)4(2)6/h3-4,6H,1-2H3. The van der Waals surface area contributed by atoms with Crippen molar-refractivity contribution in [2.24, 2.45) is 0 Å². The first-order valence-electron chi connectivity index (χ1n) is 1.96. The van der Waals surface area contributed by atoms with Gasteiger partial charge in [0.25, 0.3) is 0 Å². The summed E-state index contributed by atoms with van der Waals surface area (Å²) in [6.07, 6.45) is -1.91. The monoisotopic (exact) mass is 92.1 g/mol. The minimum absolute atomic E-state index is 0.815. The van der Waals surface area contributed by atoms with Crippen LogP contribution in [0, 0.1) is 0 Å². The average Bonchev–Trinajstić information content (AvgIpc) is 1.36. The third-order valence-corrected chi connectivity index (χ3v) is 0.665.